The van der Waals surface area contributed by atoms with Crippen LogP contribution in [0.3, 0.4) is 0 Å². The average molecular weight is 162 g/mol. The maximum absolute atomic E-state index is 5.74. The van der Waals surface area contributed by atoms with Crippen molar-refractivity contribution < 1.29 is 4.74 Å². The molecule has 0 unspecified atom stereocenters. The number of hydrogen-bond donors (Lipinski definition) is 0. The maximum atomic E-state index is 5.74. The summed E-state index contributed by atoms with van der Waals surface area (Å²) in [6.45, 7) is 7.45. The largest absolute Gasteiger partial charge is 0.497 e. The van der Waals surface area contributed by atoms with E-state index in [0.717, 1.165) is 11.3 Å². The molecule has 0 aromatic rings. The molecular formula is C10H15BO. The molecule has 12 heavy (non-hydrogen) atoms. The second-order valence-electron chi connectivity index (χ2n) is 2.50. The summed E-state index contributed by atoms with van der Waals surface area (Å²) in [6.07, 6.45) is 5.46. The van der Waals surface area contributed by atoms with E-state index in [2.05, 4.69) is 6.58 Å². The monoisotopic (exact) mass is 162 g/mol. The van der Waals surface area contributed by atoms with Crippen LogP contribution in [0.4, 0.5) is 0 Å². The van der Waals surface area contributed by atoms with Gasteiger partial charge in [0.15, 0.2) is 0 Å². The summed E-state index contributed by atoms with van der Waals surface area (Å²) < 4.78 is 5.14. The minimum atomic E-state index is -0.0332. The average Bonchev–Trinajstić information content (AvgIpc) is 2.05. The summed E-state index contributed by atoms with van der Waals surface area (Å²) in [4.78, 5) is 0. The van der Waals surface area contributed by atoms with Gasteiger partial charge in [-0.1, -0.05) is 31.5 Å². The Hall–Kier alpha value is -0.915. The van der Waals surface area contributed by atoms with Crippen LogP contribution in [0.1, 0.15) is 13.8 Å². The van der Waals surface area contributed by atoms with Crippen molar-refractivity contribution in [3.8, 4) is 0 Å². The molecule has 0 rings (SSSR count). The molecule has 0 aliphatic rings. The summed E-state index contributed by atoms with van der Waals surface area (Å²) in [5.74, 6) is 0.777. The van der Waals surface area contributed by atoms with E-state index < -0.39 is 0 Å². The van der Waals surface area contributed by atoms with E-state index in [-0.39, 0.29) is 5.82 Å². The lowest BCUT2D eigenvalue weighted by Gasteiger charge is -2.13. The number of hydrogen-bond acceptors (Lipinski definition) is 1. The summed E-state index contributed by atoms with van der Waals surface area (Å²) in [5, 5.41) is 0. The Morgan fingerprint density at radius 1 is 1.58 bits per heavy atom. The highest BCUT2D eigenvalue weighted by Crippen LogP contribution is 2.22. The highest BCUT2D eigenvalue weighted by atomic mass is 16.5. The van der Waals surface area contributed by atoms with Crippen molar-refractivity contribution in [1.82, 2.24) is 0 Å². The molecule has 0 amide bonds. The van der Waals surface area contributed by atoms with Gasteiger partial charge >= 0.3 is 0 Å². The quantitative estimate of drug-likeness (QED) is 0.350. The molecule has 0 saturated carbocycles. The van der Waals surface area contributed by atoms with Crippen LogP contribution in [-0.2, 0) is 4.74 Å². The van der Waals surface area contributed by atoms with Crippen LogP contribution in [0, 0.1) is 0 Å². The zero-order chi connectivity index (χ0) is 9.56. The number of ether oxygens (including phenoxy) is 1. The maximum Gasteiger partial charge on any atom is 0.117 e. The van der Waals surface area contributed by atoms with Crippen molar-refractivity contribution >= 4 is 7.85 Å². The van der Waals surface area contributed by atoms with Gasteiger partial charge in [0.2, 0.25) is 0 Å². The van der Waals surface area contributed by atoms with Crippen molar-refractivity contribution in [2.24, 2.45) is 0 Å². The predicted octanol–water partition coefficient (Wildman–Crippen LogP) is 2.63. The summed E-state index contributed by atoms with van der Waals surface area (Å²) in [6, 6.07) is 0. The fraction of sp³-hybridized carbons (Fsp3) is 0.400. The van der Waals surface area contributed by atoms with E-state index in [0.29, 0.717) is 0 Å². The third kappa shape index (κ3) is 2.99. The first kappa shape index (κ1) is 11.1. The van der Waals surface area contributed by atoms with Crippen molar-refractivity contribution in [2.45, 2.75) is 19.7 Å². The van der Waals surface area contributed by atoms with Crippen molar-refractivity contribution in [1.29, 1.82) is 0 Å². The van der Waals surface area contributed by atoms with Gasteiger partial charge < -0.3 is 4.74 Å². The predicted molar refractivity (Wildman–Crippen MR) is 54.2 cm³/mol. The van der Waals surface area contributed by atoms with Crippen LogP contribution in [0.2, 0.25) is 5.82 Å². The molecule has 0 saturated heterocycles. The Kier molecular flexibility index (Phi) is 5.26. The molecule has 0 spiro atoms. The zero-order valence-corrected chi connectivity index (χ0v) is 8.00. The van der Waals surface area contributed by atoms with E-state index in [1.807, 2.05) is 26.0 Å². The molecule has 64 valence electrons. The fourth-order valence-corrected chi connectivity index (χ4v) is 0.988. The first-order valence-corrected chi connectivity index (χ1v) is 3.96. The van der Waals surface area contributed by atoms with Crippen LogP contribution in [0.15, 0.2) is 36.1 Å². The zero-order valence-electron chi connectivity index (χ0n) is 8.00. The molecule has 1 atom stereocenters. The Bertz CT molecular complexity index is 202. The molecule has 0 aliphatic heterocycles. The normalized spacial score (nSPS) is 15.6. The lowest BCUT2D eigenvalue weighted by Crippen LogP contribution is -1.98. The molecule has 0 aliphatic carbocycles. The van der Waals surface area contributed by atoms with Gasteiger partial charge in [0, 0.05) is 0 Å². The number of rotatable bonds is 4. The van der Waals surface area contributed by atoms with Crippen LogP contribution in [0.5, 0.6) is 0 Å². The number of allylic oxidation sites excluding steroid dienone is 4. The van der Waals surface area contributed by atoms with Crippen molar-refractivity contribution in [3.05, 3.63) is 36.1 Å². The van der Waals surface area contributed by atoms with Gasteiger partial charge in [0.25, 0.3) is 0 Å². The van der Waals surface area contributed by atoms with Gasteiger partial charge in [-0.05, 0) is 18.6 Å². The molecule has 0 aromatic heterocycles. The summed E-state index contributed by atoms with van der Waals surface area (Å²) in [7, 11) is 7.37. The lowest BCUT2D eigenvalue weighted by atomic mass is 9.81. The van der Waals surface area contributed by atoms with Gasteiger partial charge in [-0.3, -0.25) is 0 Å². The second kappa shape index (κ2) is 5.70. The summed E-state index contributed by atoms with van der Waals surface area (Å²) >= 11 is 0. The van der Waals surface area contributed by atoms with Crippen molar-refractivity contribution in [3.63, 3.8) is 0 Å². The third-order valence-electron chi connectivity index (χ3n) is 1.55. The standard InChI is InChI=1S/C10H15BO/c1-5-7-9(8(3)11)10(6-2)12-4/h5-8H,1H2,2-4H3/b9-7-,10-6+/t8-/m0/s1. The fourth-order valence-electron chi connectivity index (χ4n) is 0.988. The molecule has 2 radical (unpaired) electrons. The van der Waals surface area contributed by atoms with E-state index in [9.17, 15) is 0 Å². The molecule has 0 heterocycles. The van der Waals surface area contributed by atoms with Crippen LogP contribution >= 0.6 is 0 Å². The number of methoxy groups -OCH3 is 1. The Morgan fingerprint density at radius 3 is 2.42 bits per heavy atom. The molecular weight excluding hydrogens is 147 g/mol. The van der Waals surface area contributed by atoms with E-state index in [4.69, 9.17) is 12.6 Å². The van der Waals surface area contributed by atoms with Gasteiger partial charge in [0.05, 0.1) is 15.0 Å². The molecule has 1 nitrogen and oxygen atoms in total. The van der Waals surface area contributed by atoms with E-state index in [1.54, 1.807) is 13.2 Å². The highest BCUT2D eigenvalue weighted by molar-refractivity contribution is 6.13. The molecule has 0 aromatic carbocycles. The smallest absolute Gasteiger partial charge is 0.117 e. The Balaban J connectivity index is 4.73. The molecule has 0 bridgehead atoms. The summed E-state index contributed by atoms with van der Waals surface area (Å²) in [5.41, 5.74) is 0.968. The Labute approximate surface area is 76.2 Å². The minimum absolute atomic E-state index is 0.0332. The van der Waals surface area contributed by atoms with Crippen molar-refractivity contribution in [2.75, 3.05) is 7.11 Å². The van der Waals surface area contributed by atoms with E-state index >= 15 is 0 Å². The highest BCUT2D eigenvalue weighted by Gasteiger charge is 2.06. The van der Waals surface area contributed by atoms with Gasteiger partial charge in [0.1, 0.15) is 5.76 Å². The first-order valence-electron chi connectivity index (χ1n) is 3.96. The van der Waals surface area contributed by atoms with E-state index in [1.165, 1.54) is 0 Å². The van der Waals surface area contributed by atoms with Crippen LogP contribution in [0.25, 0.3) is 0 Å². The SMILES string of the molecule is [B][C@@H](C)C(=C/C=C)/C(=C\C)OC. The topological polar surface area (TPSA) is 9.23 Å². The minimum Gasteiger partial charge on any atom is -0.497 e. The second-order valence-corrected chi connectivity index (χ2v) is 2.50. The lowest BCUT2D eigenvalue weighted by molar-refractivity contribution is 0.298. The molecule has 2 heteroatoms. The van der Waals surface area contributed by atoms with Gasteiger partial charge in [-0.15, -0.1) is 0 Å². The molecule has 0 fully saturated rings. The van der Waals surface area contributed by atoms with Crippen LogP contribution in [-0.4, -0.2) is 15.0 Å². The molecule has 0 N–H and O–H groups in total. The van der Waals surface area contributed by atoms with Gasteiger partial charge in [-0.25, -0.2) is 0 Å². The van der Waals surface area contributed by atoms with Gasteiger partial charge in [-0.2, -0.15) is 0 Å². The third-order valence-corrected chi connectivity index (χ3v) is 1.55. The van der Waals surface area contributed by atoms with Crippen LogP contribution < -0.4 is 0 Å². The Morgan fingerprint density at radius 2 is 2.17 bits per heavy atom. The first-order chi connectivity index (χ1) is 5.67.